The molecule has 0 bridgehead atoms. The highest BCUT2D eigenvalue weighted by Gasteiger charge is 2.24. The second kappa shape index (κ2) is 5.35. The van der Waals surface area contributed by atoms with Gasteiger partial charge in [0, 0.05) is 0 Å². The predicted octanol–water partition coefficient (Wildman–Crippen LogP) is 1.85. The third kappa shape index (κ3) is 3.29. The highest BCUT2D eigenvalue weighted by molar-refractivity contribution is 5.75. The quantitative estimate of drug-likeness (QED) is 0.706. The van der Waals surface area contributed by atoms with Gasteiger partial charge in [-0.1, -0.05) is 19.8 Å². The maximum absolute atomic E-state index is 11.3. The van der Waals surface area contributed by atoms with E-state index < -0.39 is 6.04 Å². The highest BCUT2D eigenvalue weighted by Crippen LogP contribution is 2.28. The van der Waals surface area contributed by atoms with Crippen molar-refractivity contribution in [3.05, 3.63) is 0 Å². The second-order valence-electron chi connectivity index (χ2n) is 4.29. The lowest BCUT2D eigenvalue weighted by molar-refractivity contribution is -0.152. The van der Waals surface area contributed by atoms with E-state index in [0.717, 1.165) is 18.8 Å². The number of carbonyl (C=O) groups excluding carboxylic acids is 1. The van der Waals surface area contributed by atoms with Crippen LogP contribution in [0.4, 0.5) is 0 Å². The Morgan fingerprint density at radius 3 is 2.86 bits per heavy atom. The van der Waals surface area contributed by atoms with E-state index in [0.29, 0.717) is 0 Å². The van der Waals surface area contributed by atoms with Crippen molar-refractivity contribution in [3.63, 3.8) is 0 Å². The molecule has 0 aliphatic heterocycles. The summed E-state index contributed by atoms with van der Waals surface area (Å²) in [5.41, 5.74) is 5.45. The number of rotatable bonds is 3. The molecular weight excluding hydrogens is 178 g/mol. The molecule has 0 spiro atoms. The molecule has 3 heteroatoms. The molecule has 1 rings (SSSR count). The standard InChI is InChI=1S/C11H21NO2/c1-3-9-5-4-6-10(7-9)14-11(13)8(2)12/h8-10H,3-7,12H2,1-2H3. The Bertz CT molecular complexity index is 192. The van der Waals surface area contributed by atoms with Crippen LogP contribution < -0.4 is 5.73 Å². The van der Waals surface area contributed by atoms with E-state index in [9.17, 15) is 4.79 Å². The van der Waals surface area contributed by atoms with Crippen LogP contribution in [0.5, 0.6) is 0 Å². The van der Waals surface area contributed by atoms with Crippen molar-refractivity contribution < 1.29 is 9.53 Å². The minimum Gasteiger partial charge on any atom is -0.461 e. The van der Waals surface area contributed by atoms with Crippen molar-refractivity contribution in [1.29, 1.82) is 0 Å². The van der Waals surface area contributed by atoms with Gasteiger partial charge in [-0.05, 0) is 32.1 Å². The van der Waals surface area contributed by atoms with Gasteiger partial charge in [-0.3, -0.25) is 4.79 Å². The van der Waals surface area contributed by atoms with E-state index in [1.54, 1.807) is 6.92 Å². The topological polar surface area (TPSA) is 52.3 Å². The number of hydrogen-bond donors (Lipinski definition) is 1. The Labute approximate surface area is 86.0 Å². The van der Waals surface area contributed by atoms with Gasteiger partial charge in [-0.25, -0.2) is 0 Å². The van der Waals surface area contributed by atoms with E-state index in [2.05, 4.69) is 6.92 Å². The monoisotopic (exact) mass is 199 g/mol. The SMILES string of the molecule is CCC1CCCC(OC(=O)C(C)N)C1. The van der Waals surface area contributed by atoms with E-state index in [-0.39, 0.29) is 12.1 Å². The number of nitrogens with two attached hydrogens (primary N) is 1. The number of ether oxygens (including phenoxy) is 1. The summed E-state index contributed by atoms with van der Waals surface area (Å²) in [6.45, 7) is 3.86. The van der Waals surface area contributed by atoms with Crippen LogP contribution in [0.1, 0.15) is 46.0 Å². The van der Waals surface area contributed by atoms with Crippen LogP contribution >= 0.6 is 0 Å². The van der Waals surface area contributed by atoms with Gasteiger partial charge in [0.05, 0.1) is 0 Å². The molecule has 0 aromatic rings. The van der Waals surface area contributed by atoms with Crippen molar-refractivity contribution in [3.8, 4) is 0 Å². The number of esters is 1. The summed E-state index contributed by atoms with van der Waals surface area (Å²) in [5, 5.41) is 0. The Morgan fingerprint density at radius 1 is 1.57 bits per heavy atom. The van der Waals surface area contributed by atoms with Crippen LogP contribution in [0, 0.1) is 5.92 Å². The maximum Gasteiger partial charge on any atom is 0.322 e. The van der Waals surface area contributed by atoms with E-state index in [1.165, 1.54) is 19.3 Å². The fourth-order valence-electron chi connectivity index (χ4n) is 1.99. The lowest BCUT2D eigenvalue weighted by atomic mass is 9.85. The third-order valence-corrected chi connectivity index (χ3v) is 2.97. The first-order valence-electron chi connectivity index (χ1n) is 5.59. The van der Waals surface area contributed by atoms with Crippen molar-refractivity contribution in [1.82, 2.24) is 0 Å². The number of hydrogen-bond acceptors (Lipinski definition) is 3. The Hall–Kier alpha value is -0.570. The molecule has 1 aliphatic rings. The Morgan fingerprint density at radius 2 is 2.29 bits per heavy atom. The van der Waals surface area contributed by atoms with Gasteiger partial charge in [0.1, 0.15) is 12.1 Å². The lowest BCUT2D eigenvalue weighted by Gasteiger charge is -2.28. The summed E-state index contributed by atoms with van der Waals surface area (Å²) in [7, 11) is 0. The third-order valence-electron chi connectivity index (χ3n) is 2.97. The van der Waals surface area contributed by atoms with Crippen LogP contribution in [0.3, 0.4) is 0 Å². The molecule has 14 heavy (non-hydrogen) atoms. The average molecular weight is 199 g/mol. The zero-order valence-corrected chi connectivity index (χ0v) is 9.16. The molecule has 0 heterocycles. The number of carbonyl (C=O) groups is 1. The predicted molar refractivity (Wildman–Crippen MR) is 55.8 cm³/mol. The molecular formula is C11H21NO2. The molecule has 0 amide bonds. The Balaban J connectivity index is 2.34. The first-order chi connectivity index (χ1) is 6.63. The molecule has 2 N–H and O–H groups in total. The van der Waals surface area contributed by atoms with Gasteiger partial charge in [0.25, 0.3) is 0 Å². The van der Waals surface area contributed by atoms with E-state index >= 15 is 0 Å². The fourth-order valence-corrected chi connectivity index (χ4v) is 1.99. The molecule has 82 valence electrons. The lowest BCUT2D eigenvalue weighted by Crippen LogP contribution is -2.34. The molecule has 0 aromatic heterocycles. The minimum absolute atomic E-state index is 0.118. The molecule has 3 unspecified atom stereocenters. The molecule has 0 aromatic carbocycles. The molecule has 1 aliphatic carbocycles. The molecule has 3 nitrogen and oxygen atoms in total. The smallest absolute Gasteiger partial charge is 0.322 e. The van der Waals surface area contributed by atoms with Crippen LogP contribution in [0.15, 0.2) is 0 Å². The van der Waals surface area contributed by atoms with Gasteiger partial charge < -0.3 is 10.5 Å². The highest BCUT2D eigenvalue weighted by atomic mass is 16.5. The van der Waals surface area contributed by atoms with Crippen LogP contribution in [0.25, 0.3) is 0 Å². The van der Waals surface area contributed by atoms with Crippen molar-refractivity contribution in [2.75, 3.05) is 0 Å². The maximum atomic E-state index is 11.3. The molecule has 1 fully saturated rings. The molecule has 0 saturated heterocycles. The van der Waals surface area contributed by atoms with Gasteiger partial charge in [-0.2, -0.15) is 0 Å². The second-order valence-corrected chi connectivity index (χ2v) is 4.29. The molecule has 1 saturated carbocycles. The fraction of sp³-hybridized carbons (Fsp3) is 0.909. The zero-order chi connectivity index (χ0) is 10.6. The first kappa shape index (κ1) is 11.5. The van der Waals surface area contributed by atoms with Gasteiger partial charge >= 0.3 is 5.97 Å². The Kier molecular flexibility index (Phi) is 4.39. The summed E-state index contributed by atoms with van der Waals surface area (Å²) in [6.07, 6.45) is 5.79. The zero-order valence-electron chi connectivity index (χ0n) is 9.16. The van der Waals surface area contributed by atoms with E-state index in [4.69, 9.17) is 10.5 Å². The van der Waals surface area contributed by atoms with E-state index in [1.807, 2.05) is 0 Å². The summed E-state index contributed by atoms with van der Waals surface area (Å²) in [4.78, 5) is 11.3. The summed E-state index contributed by atoms with van der Waals surface area (Å²) < 4.78 is 5.32. The molecule has 3 atom stereocenters. The van der Waals surface area contributed by atoms with Crippen molar-refractivity contribution in [2.24, 2.45) is 11.7 Å². The minimum atomic E-state index is -0.489. The summed E-state index contributed by atoms with van der Waals surface area (Å²) in [5.74, 6) is 0.474. The van der Waals surface area contributed by atoms with Crippen molar-refractivity contribution in [2.45, 2.75) is 58.1 Å². The molecule has 0 radical (unpaired) electrons. The van der Waals surface area contributed by atoms with Crippen molar-refractivity contribution >= 4 is 5.97 Å². The van der Waals surface area contributed by atoms with Gasteiger partial charge in [0.15, 0.2) is 0 Å². The normalized spacial score (nSPS) is 29.6. The summed E-state index contributed by atoms with van der Waals surface area (Å²) >= 11 is 0. The average Bonchev–Trinajstić information content (AvgIpc) is 2.18. The van der Waals surface area contributed by atoms with Crippen LogP contribution in [-0.4, -0.2) is 18.1 Å². The van der Waals surface area contributed by atoms with Gasteiger partial charge in [0.2, 0.25) is 0 Å². The first-order valence-corrected chi connectivity index (χ1v) is 5.59. The van der Waals surface area contributed by atoms with Crippen LogP contribution in [0.2, 0.25) is 0 Å². The van der Waals surface area contributed by atoms with Gasteiger partial charge in [-0.15, -0.1) is 0 Å². The van der Waals surface area contributed by atoms with Crippen LogP contribution in [-0.2, 0) is 9.53 Å². The summed E-state index contributed by atoms with van der Waals surface area (Å²) in [6, 6.07) is -0.489. The largest absolute Gasteiger partial charge is 0.461 e.